The number of amides is 2. The summed E-state index contributed by atoms with van der Waals surface area (Å²) in [6.07, 6.45) is 1.61. The van der Waals surface area contributed by atoms with E-state index in [4.69, 9.17) is 9.47 Å². The van der Waals surface area contributed by atoms with Crippen molar-refractivity contribution < 1.29 is 19.1 Å². The Bertz CT molecular complexity index is 893. The highest BCUT2D eigenvalue weighted by molar-refractivity contribution is 5.95. The molecule has 0 radical (unpaired) electrons. The number of hydrogen-bond donors (Lipinski definition) is 2. The van der Waals surface area contributed by atoms with Crippen LogP contribution in [-0.2, 0) is 4.79 Å². The normalized spacial score (nSPS) is 14.8. The van der Waals surface area contributed by atoms with Crippen molar-refractivity contribution in [1.29, 1.82) is 0 Å². The number of hydrogen-bond acceptors (Lipinski definition) is 5. The molecule has 0 aromatic heterocycles. The lowest BCUT2D eigenvalue weighted by atomic mass is 10.0. The van der Waals surface area contributed by atoms with Gasteiger partial charge in [0.25, 0.3) is 5.91 Å². The maximum atomic E-state index is 12.7. The minimum absolute atomic E-state index is 0.0226. The second kappa shape index (κ2) is 11.5. The van der Waals surface area contributed by atoms with Crippen LogP contribution in [0, 0.1) is 5.92 Å². The second-order valence-electron chi connectivity index (χ2n) is 8.51. The van der Waals surface area contributed by atoms with Crippen molar-refractivity contribution >= 4 is 17.5 Å². The smallest absolute Gasteiger partial charge is 0.251 e. The van der Waals surface area contributed by atoms with Gasteiger partial charge in [-0.1, -0.05) is 32.0 Å². The van der Waals surface area contributed by atoms with Crippen molar-refractivity contribution in [3.8, 4) is 11.5 Å². The van der Waals surface area contributed by atoms with Crippen LogP contribution in [0.3, 0.4) is 0 Å². The number of anilines is 1. The highest BCUT2D eigenvalue weighted by Crippen LogP contribution is 2.28. The molecule has 7 nitrogen and oxygen atoms in total. The maximum Gasteiger partial charge on any atom is 0.251 e. The van der Waals surface area contributed by atoms with Crippen LogP contribution >= 0.6 is 0 Å². The van der Waals surface area contributed by atoms with E-state index in [-0.39, 0.29) is 17.9 Å². The zero-order valence-corrected chi connectivity index (χ0v) is 19.1. The molecule has 1 aliphatic heterocycles. The number of piperidine rings is 1. The quantitative estimate of drug-likeness (QED) is 0.625. The van der Waals surface area contributed by atoms with Gasteiger partial charge in [-0.15, -0.1) is 0 Å². The summed E-state index contributed by atoms with van der Waals surface area (Å²) in [5, 5.41) is 6.02. The first kappa shape index (κ1) is 23.6. The summed E-state index contributed by atoms with van der Waals surface area (Å²) in [5.41, 5.74) is 1.35. The van der Waals surface area contributed by atoms with Crippen molar-refractivity contribution in [3.63, 3.8) is 0 Å². The molecule has 1 aliphatic rings. The van der Waals surface area contributed by atoms with E-state index in [1.807, 2.05) is 30.3 Å². The molecular formula is C25H33N3O4. The summed E-state index contributed by atoms with van der Waals surface area (Å²) in [4.78, 5) is 27.1. The predicted molar refractivity (Wildman–Crippen MR) is 125 cm³/mol. The van der Waals surface area contributed by atoms with E-state index in [2.05, 4.69) is 29.4 Å². The summed E-state index contributed by atoms with van der Waals surface area (Å²) in [7, 11) is 1.57. The molecule has 7 heteroatoms. The van der Waals surface area contributed by atoms with E-state index < -0.39 is 0 Å². The first-order valence-electron chi connectivity index (χ1n) is 11.1. The van der Waals surface area contributed by atoms with Crippen molar-refractivity contribution in [2.75, 3.05) is 38.7 Å². The number of carbonyl (C=O) groups excluding carboxylic acids is 2. The van der Waals surface area contributed by atoms with Crippen LogP contribution in [0.2, 0.25) is 0 Å². The van der Waals surface area contributed by atoms with E-state index >= 15 is 0 Å². The molecule has 0 aliphatic carbocycles. The Kier molecular flexibility index (Phi) is 8.50. The molecule has 0 atom stereocenters. The zero-order chi connectivity index (χ0) is 22.9. The third-order valence-corrected chi connectivity index (χ3v) is 5.35. The number of nitrogens with zero attached hydrogens (tertiary/aromatic N) is 1. The van der Waals surface area contributed by atoms with Crippen molar-refractivity contribution in [1.82, 2.24) is 10.2 Å². The summed E-state index contributed by atoms with van der Waals surface area (Å²) in [6.45, 7) is 6.62. The Morgan fingerprint density at radius 3 is 2.44 bits per heavy atom. The standard InChI is InChI=1S/C25H33N3O4/c1-18(2)17-32-22-10-9-19(15-23(22)31-3)25(30)27-21-11-13-28(14-12-21)16-24(29)26-20-7-5-4-6-8-20/h4-10,15,18,21H,11-14,16-17H2,1-3H3,(H,26,29)(H,27,30). The fraction of sp³-hybridized carbons (Fsp3) is 0.440. The minimum atomic E-state index is -0.126. The SMILES string of the molecule is COc1cc(C(=O)NC2CCN(CC(=O)Nc3ccccc3)CC2)ccc1OCC(C)C. The number of para-hydroxylation sites is 1. The summed E-state index contributed by atoms with van der Waals surface area (Å²) in [6, 6.07) is 14.8. The molecular weight excluding hydrogens is 406 g/mol. The molecule has 1 heterocycles. The zero-order valence-electron chi connectivity index (χ0n) is 19.1. The van der Waals surface area contributed by atoms with E-state index in [0.29, 0.717) is 36.1 Å². The van der Waals surface area contributed by atoms with Crippen LogP contribution in [0.25, 0.3) is 0 Å². The Balaban J connectivity index is 1.46. The van der Waals surface area contributed by atoms with Crippen LogP contribution in [-0.4, -0.2) is 56.1 Å². The molecule has 2 aromatic carbocycles. The Morgan fingerprint density at radius 2 is 1.78 bits per heavy atom. The predicted octanol–water partition coefficient (Wildman–Crippen LogP) is 3.56. The van der Waals surface area contributed by atoms with Crippen LogP contribution in [0.15, 0.2) is 48.5 Å². The fourth-order valence-corrected chi connectivity index (χ4v) is 3.61. The molecule has 0 bridgehead atoms. The van der Waals surface area contributed by atoms with Gasteiger partial charge in [0, 0.05) is 30.4 Å². The lowest BCUT2D eigenvalue weighted by Crippen LogP contribution is -2.46. The number of nitrogens with one attached hydrogen (secondary N) is 2. The fourth-order valence-electron chi connectivity index (χ4n) is 3.61. The van der Waals surface area contributed by atoms with Gasteiger partial charge < -0.3 is 20.1 Å². The van der Waals surface area contributed by atoms with Crippen LogP contribution < -0.4 is 20.1 Å². The molecule has 172 valence electrons. The molecule has 2 aromatic rings. The Labute approximate surface area is 190 Å². The monoisotopic (exact) mass is 439 g/mol. The average molecular weight is 440 g/mol. The lowest BCUT2D eigenvalue weighted by Gasteiger charge is -2.31. The Hall–Kier alpha value is -3.06. The first-order chi connectivity index (χ1) is 15.4. The van der Waals surface area contributed by atoms with E-state index in [1.54, 1.807) is 25.3 Å². The molecule has 3 rings (SSSR count). The molecule has 32 heavy (non-hydrogen) atoms. The number of benzene rings is 2. The average Bonchev–Trinajstić information content (AvgIpc) is 2.79. The highest BCUT2D eigenvalue weighted by Gasteiger charge is 2.23. The lowest BCUT2D eigenvalue weighted by molar-refractivity contribution is -0.117. The van der Waals surface area contributed by atoms with Crippen LogP contribution in [0.5, 0.6) is 11.5 Å². The number of ether oxygens (including phenoxy) is 2. The van der Waals surface area contributed by atoms with Gasteiger partial charge in [-0.2, -0.15) is 0 Å². The minimum Gasteiger partial charge on any atom is -0.493 e. The van der Waals surface area contributed by atoms with E-state index in [1.165, 1.54) is 0 Å². The van der Waals surface area contributed by atoms with Crippen LogP contribution in [0.1, 0.15) is 37.0 Å². The van der Waals surface area contributed by atoms with Crippen molar-refractivity contribution in [3.05, 3.63) is 54.1 Å². The number of carbonyl (C=O) groups is 2. The van der Waals surface area contributed by atoms with Gasteiger partial charge in [-0.05, 0) is 49.1 Å². The topological polar surface area (TPSA) is 79.9 Å². The molecule has 1 saturated heterocycles. The number of methoxy groups -OCH3 is 1. The third-order valence-electron chi connectivity index (χ3n) is 5.35. The van der Waals surface area contributed by atoms with Gasteiger partial charge in [-0.3, -0.25) is 14.5 Å². The van der Waals surface area contributed by atoms with Gasteiger partial charge in [0.05, 0.1) is 20.3 Å². The molecule has 2 amide bonds. The molecule has 0 saturated carbocycles. The Morgan fingerprint density at radius 1 is 1.06 bits per heavy atom. The van der Waals surface area contributed by atoms with Gasteiger partial charge >= 0.3 is 0 Å². The second-order valence-corrected chi connectivity index (χ2v) is 8.51. The van der Waals surface area contributed by atoms with Gasteiger partial charge in [0.1, 0.15) is 0 Å². The summed E-state index contributed by atoms with van der Waals surface area (Å²) >= 11 is 0. The van der Waals surface area contributed by atoms with Gasteiger partial charge in [0.2, 0.25) is 5.91 Å². The van der Waals surface area contributed by atoms with Gasteiger partial charge in [-0.25, -0.2) is 0 Å². The number of likely N-dealkylation sites (tertiary alicyclic amines) is 1. The third kappa shape index (κ3) is 6.99. The van der Waals surface area contributed by atoms with E-state index in [9.17, 15) is 9.59 Å². The molecule has 2 N–H and O–H groups in total. The van der Waals surface area contributed by atoms with Crippen molar-refractivity contribution in [2.45, 2.75) is 32.7 Å². The van der Waals surface area contributed by atoms with E-state index in [0.717, 1.165) is 31.6 Å². The molecule has 0 unspecified atom stereocenters. The van der Waals surface area contributed by atoms with Crippen molar-refractivity contribution in [2.24, 2.45) is 5.92 Å². The molecule has 0 spiro atoms. The summed E-state index contributed by atoms with van der Waals surface area (Å²) in [5.74, 6) is 1.44. The largest absolute Gasteiger partial charge is 0.493 e. The number of rotatable bonds is 9. The van der Waals surface area contributed by atoms with Gasteiger partial charge in [0.15, 0.2) is 11.5 Å². The highest BCUT2D eigenvalue weighted by atomic mass is 16.5. The molecule has 1 fully saturated rings. The van der Waals surface area contributed by atoms with Crippen LogP contribution in [0.4, 0.5) is 5.69 Å². The summed E-state index contributed by atoms with van der Waals surface area (Å²) < 4.78 is 11.2. The maximum absolute atomic E-state index is 12.7. The first-order valence-corrected chi connectivity index (χ1v) is 11.1.